The van der Waals surface area contributed by atoms with Gasteiger partial charge in [0.25, 0.3) is 0 Å². The predicted molar refractivity (Wildman–Crippen MR) is 40.8 cm³/mol. The number of rotatable bonds is 4. The van der Waals surface area contributed by atoms with E-state index in [2.05, 4.69) is 6.58 Å². The highest BCUT2D eigenvalue weighted by molar-refractivity contribution is 6.97. The molecule has 0 amide bonds. The molecule has 0 N–H and O–H groups in total. The summed E-state index contributed by atoms with van der Waals surface area (Å²) in [5, 5.41) is -0.141. The molecule has 0 saturated heterocycles. The Balaban J connectivity index is 4.31. The van der Waals surface area contributed by atoms with Crippen molar-refractivity contribution in [3.05, 3.63) is 12.7 Å². The fourth-order valence-electron chi connectivity index (χ4n) is 0.470. The molecule has 0 unspecified atom stereocenters. The maximum absolute atomic E-state index is 11.0. The molecule has 0 saturated carbocycles. The summed E-state index contributed by atoms with van der Waals surface area (Å²) in [6.45, 7) is 5.03. The molecule has 0 aromatic carbocycles. The van der Waals surface area contributed by atoms with Crippen LogP contribution in [0.3, 0.4) is 0 Å². The van der Waals surface area contributed by atoms with Gasteiger partial charge in [0.15, 0.2) is 5.41 Å². The lowest BCUT2D eigenvalue weighted by Crippen LogP contribution is -2.44. The Bertz CT molecular complexity index is 140. The molecule has 0 aliphatic rings. The lowest BCUT2D eigenvalue weighted by molar-refractivity contribution is -0.111. The van der Waals surface area contributed by atoms with Gasteiger partial charge >= 0.3 is 8.56 Å². The Hall–Kier alpha value is -0.453. The maximum atomic E-state index is 11.0. The van der Waals surface area contributed by atoms with Gasteiger partial charge in [0, 0.05) is 14.2 Å². The number of hydrogen-bond donors (Lipinski definition) is 0. The molecule has 3 nitrogen and oxygen atoms in total. The second-order valence-electron chi connectivity index (χ2n) is 1.92. The van der Waals surface area contributed by atoms with Gasteiger partial charge in [-0.1, -0.05) is 6.58 Å². The Morgan fingerprint density at radius 1 is 1.50 bits per heavy atom. The molecule has 0 aromatic rings. The van der Waals surface area contributed by atoms with Gasteiger partial charge in [-0.05, 0) is 12.6 Å². The second kappa shape index (κ2) is 3.65. The van der Waals surface area contributed by atoms with Crippen LogP contribution in [0.2, 0.25) is 6.55 Å². The van der Waals surface area contributed by atoms with Crippen LogP contribution in [-0.2, 0) is 13.6 Å². The molecule has 58 valence electrons. The molecule has 10 heavy (non-hydrogen) atoms. The standard InChI is InChI=1S/C6H12O3Si/c1-5-6(7)10(4,8-2)9-3/h5H,1H2,2-4H3. The van der Waals surface area contributed by atoms with Crippen LogP contribution in [0.5, 0.6) is 0 Å². The van der Waals surface area contributed by atoms with Crippen molar-refractivity contribution in [3.63, 3.8) is 0 Å². The van der Waals surface area contributed by atoms with Gasteiger partial charge < -0.3 is 8.85 Å². The van der Waals surface area contributed by atoms with Crippen LogP contribution in [-0.4, -0.2) is 28.2 Å². The molecule has 0 aromatic heterocycles. The first-order chi connectivity index (χ1) is 4.60. The van der Waals surface area contributed by atoms with E-state index in [9.17, 15) is 4.79 Å². The van der Waals surface area contributed by atoms with Crippen LogP contribution in [0.1, 0.15) is 0 Å². The Labute approximate surface area is 61.9 Å². The summed E-state index contributed by atoms with van der Waals surface area (Å²) >= 11 is 0. The van der Waals surface area contributed by atoms with Crippen molar-refractivity contribution in [1.82, 2.24) is 0 Å². The van der Waals surface area contributed by atoms with E-state index in [1.54, 1.807) is 6.55 Å². The zero-order chi connectivity index (χ0) is 8.20. The Morgan fingerprint density at radius 2 is 1.90 bits per heavy atom. The van der Waals surface area contributed by atoms with E-state index in [1.165, 1.54) is 20.3 Å². The molecule has 0 bridgehead atoms. The molecular weight excluding hydrogens is 148 g/mol. The monoisotopic (exact) mass is 160 g/mol. The zero-order valence-electron chi connectivity index (χ0n) is 6.51. The lowest BCUT2D eigenvalue weighted by atomic mass is 10.7. The van der Waals surface area contributed by atoms with E-state index in [1.807, 2.05) is 0 Å². The van der Waals surface area contributed by atoms with Crippen LogP contribution >= 0.6 is 0 Å². The molecule has 0 aliphatic heterocycles. The van der Waals surface area contributed by atoms with Crippen molar-refractivity contribution in [3.8, 4) is 0 Å². The third-order valence-corrected chi connectivity index (χ3v) is 4.07. The predicted octanol–water partition coefficient (Wildman–Crippen LogP) is 0.645. The van der Waals surface area contributed by atoms with Crippen molar-refractivity contribution >= 4 is 14.0 Å². The Morgan fingerprint density at radius 3 is 2.00 bits per heavy atom. The largest absolute Gasteiger partial charge is 0.411 e. The van der Waals surface area contributed by atoms with E-state index in [0.717, 1.165) is 0 Å². The molecule has 0 aliphatic carbocycles. The summed E-state index contributed by atoms with van der Waals surface area (Å²) in [4.78, 5) is 11.0. The molecule has 0 spiro atoms. The summed E-state index contributed by atoms with van der Waals surface area (Å²) in [5.74, 6) is 0. The van der Waals surface area contributed by atoms with E-state index in [0.29, 0.717) is 0 Å². The number of carbonyl (C=O) groups is 1. The van der Waals surface area contributed by atoms with Gasteiger partial charge in [-0.3, -0.25) is 4.79 Å². The summed E-state index contributed by atoms with van der Waals surface area (Å²) in [5.41, 5.74) is 0. The van der Waals surface area contributed by atoms with Crippen LogP contribution in [0.25, 0.3) is 0 Å². The minimum absolute atomic E-state index is 0.141. The maximum Gasteiger partial charge on any atom is 0.411 e. The normalized spacial score (nSPS) is 11.1. The number of hydrogen-bond acceptors (Lipinski definition) is 3. The average Bonchev–Trinajstić information content (AvgIpc) is 2.01. The van der Waals surface area contributed by atoms with Crippen LogP contribution < -0.4 is 0 Å². The van der Waals surface area contributed by atoms with Crippen molar-refractivity contribution in [2.24, 2.45) is 0 Å². The van der Waals surface area contributed by atoms with Crippen LogP contribution in [0, 0.1) is 0 Å². The first-order valence-corrected chi connectivity index (χ1v) is 5.19. The molecule has 0 rings (SSSR count). The molecular formula is C6H12O3Si. The van der Waals surface area contributed by atoms with Crippen molar-refractivity contribution in [2.75, 3.05) is 14.2 Å². The van der Waals surface area contributed by atoms with Gasteiger partial charge in [-0.25, -0.2) is 0 Å². The topological polar surface area (TPSA) is 35.5 Å². The first-order valence-electron chi connectivity index (χ1n) is 2.88. The quantitative estimate of drug-likeness (QED) is 0.447. The third kappa shape index (κ3) is 1.76. The fourth-order valence-corrected chi connectivity index (χ4v) is 1.41. The third-order valence-electron chi connectivity index (χ3n) is 1.41. The minimum atomic E-state index is -2.56. The average molecular weight is 160 g/mol. The van der Waals surface area contributed by atoms with E-state index in [4.69, 9.17) is 8.85 Å². The second-order valence-corrected chi connectivity index (χ2v) is 5.12. The lowest BCUT2D eigenvalue weighted by Gasteiger charge is -2.18. The van der Waals surface area contributed by atoms with E-state index in [-0.39, 0.29) is 5.41 Å². The first kappa shape index (κ1) is 9.55. The molecule has 0 atom stereocenters. The summed E-state index contributed by atoms with van der Waals surface area (Å²) < 4.78 is 9.87. The van der Waals surface area contributed by atoms with Gasteiger partial charge in [0.2, 0.25) is 0 Å². The molecule has 0 radical (unpaired) electrons. The van der Waals surface area contributed by atoms with Gasteiger partial charge in [0.1, 0.15) is 0 Å². The van der Waals surface area contributed by atoms with Gasteiger partial charge in [-0.15, -0.1) is 0 Å². The van der Waals surface area contributed by atoms with Crippen LogP contribution in [0.15, 0.2) is 12.7 Å². The zero-order valence-corrected chi connectivity index (χ0v) is 7.51. The summed E-state index contributed by atoms with van der Waals surface area (Å²) in [6, 6.07) is 0. The van der Waals surface area contributed by atoms with Crippen molar-refractivity contribution in [2.45, 2.75) is 6.55 Å². The van der Waals surface area contributed by atoms with Gasteiger partial charge in [-0.2, -0.15) is 0 Å². The molecule has 4 heteroatoms. The smallest absolute Gasteiger partial charge is 0.393 e. The summed E-state index contributed by atoms with van der Waals surface area (Å²) in [7, 11) is 0.381. The van der Waals surface area contributed by atoms with Crippen molar-refractivity contribution < 1.29 is 13.6 Å². The minimum Gasteiger partial charge on any atom is -0.393 e. The SMILES string of the molecule is C=CC(=O)[Si](C)(OC)OC. The Kier molecular flexibility index (Phi) is 3.49. The van der Waals surface area contributed by atoms with E-state index >= 15 is 0 Å². The number of carbonyl (C=O) groups excluding carboxylic acids is 1. The fraction of sp³-hybridized carbons (Fsp3) is 0.500. The number of allylic oxidation sites excluding steroid dienone is 1. The summed E-state index contributed by atoms with van der Waals surface area (Å²) in [6.07, 6.45) is 1.24. The highest BCUT2D eigenvalue weighted by atomic mass is 28.4. The van der Waals surface area contributed by atoms with Crippen molar-refractivity contribution in [1.29, 1.82) is 0 Å². The molecule has 0 fully saturated rings. The van der Waals surface area contributed by atoms with Gasteiger partial charge in [0.05, 0.1) is 0 Å². The highest BCUT2D eigenvalue weighted by Crippen LogP contribution is 2.05. The highest BCUT2D eigenvalue weighted by Gasteiger charge is 2.36. The molecule has 0 heterocycles. The van der Waals surface area contributed by atoms with Crippen LogP contribution in [0.4, 0.5) is 0 Å². The van der Waals surface area contributed by atoms with E-state index < -0.39 is 8.56 Å².